The van der Waals surface area contributed by atoms with E-state index in [-0.39, 0.29) is 0 Å². The first-order valence-corrected chi connectivity index (χ1v) is 7.94. The maximum atomic E-state index is 6.23. The second-order valence-corrected chi connectivity index (χ2v) is 6.66. The van der Waals surface area contributed by atoms with Gasteiger partial charge in [0.15, 0.2) is 0 Å². The van der Waals surface area contributed by atoms with E-state index in [9.17, 15) is 0 Å². The highest BCUT2D eigenvalue weighted by molar-refractivity contribution is 8.00. The molecule has 0 aliphatic carbocycles. The highest BCUT2D eigenvalue weighted by atomic mass is 35.5. The standard InChI is InChI=1S/C13H20ClN3S/c1-4-5-11-15-12(14)10(3)13(16-11)17-6-7-18-9(2)8-17/h9H,4-8H2,1-3H3. The summed E-state index contributed by atoms with van der Waals surface area (Å²) in [5.41, 5.74) is 1.01. The van der Waals surface area contributed by atoms with Gasteiger partial charge in [-0.2, -0.15) is 11.8 Å². The Morgan fingerprint density at radius 1 is 1.44 bits per heavy atom. The molecule has 100 valence electrons. The second-order valence-electron chi connectivity index (χ2n) is 4.76. The van der Waals surface area contributed by atoms with Crippen molar-refractivity contribution in [2.45, 2.75) is 38.9 Å². The summed E-state index contributed by atoms with van der Waals surface area (Å²) in [6.07, 6.45) is 1.94. The Bertz CT molecular complexity index is 425. The van der Waals surface area contributed by atoms with Gasteiger partial charge in [-0.1, -0.05) is 25.4 Å². The summed E-state index contributed by atoms with van der Waals surface area (Å²) in [5.74, 6) is 3.06. The zero-order chi connectivity index (χ0) is 13.1. The summed E-state index contributed by atoms with van der Waals surface area (Å²) in [6, 6.07) is 0. The van der Waals surface area contributed by atoms with Gasteiger partial charge in [-0.05, 0) is 13.3 Å². The Morgan fingerprint density at radius 2 is 2.22 bits per heavy atom. The molecule has 1 saturated heterocycles. The Morgan fingerprint density at radius 3 is 2.89 bits per heavy atom. The van der Waals surface area contributed by atoms with Crippen LogP contribution >= 0.6 is 23.4 Å². The number of rotatable bonds is 3. The average molecular weight is 286 g/mol. The Balaban J connectivity index is 2.30. The number of nitrogens with zero attached hydrogens (tertiary/aromatic N) is 3. The number of anilines is 1. The van der Waals surface area contributed by atoms with Crippen molar-refractivity contribution >= 4 is 29.2 Å². The van der Waals surface area contributed by atoms with Gasteiger partial charge in [0.2, 0.25) is 0 Å². The Labute approximate surface area is 118 Å². The molecule has 0 N–H and O–H groups in total. The summed E-state index contributed by atoms with van der Waals surface area (Å²) in [4.78, 5) is 11.4. The molecule has 1 fully saturated rings. The van der Waals surface area contributed by atoms with Crippen molar-refractivity contribution in [2.75, 3.05) is 23.7 Å². The van der Waals surface area contributed by atoms with E-state index in [1.54, 1.807) is 0 Å². The minimum absolute atomic E-state index is 0.606. The van der Waals surface area contributed by atoms with Gasteiger partial charge in [-0.3, -0.25) is 0 Å². The van der Waals surface area contributed by atoms with Crippen LogP contribution in [0.25, 0.3) is 0 Å². The van der Waals surface area contributed by atoms with Crippen LogP contribution in [0.15, 0.2) is 0 Å². The van der Waals surface area contributed by atoms with Gasteiger partial charge in [-0.15, -0.1) is 0 Å². The van der Waals surface area contributed by atoms with Crippen LogP contribution in [0.5, 0.6) is 0 Å². The predicted molar refractivity (Wildman–Crippen MR) is 79.9 cm³/mol. The van der Waals surface area contributed by atoms with E-state index in [2.05, 4.69) is 23.7 Å². The zero-order valence-electron chi connectivity index (χ0n) is 11.2. The van der Waals surface area contributed by atoms with Crippen LogP contribution in [-0.2, 0) is 6.42 Å². The molecule has 1 aliphatic heterocycles. The largest absolute Gasteiger partial charge is 0.354 e. The van der Waals surface area contributed by atoms with Crippen molar-refractivity contribution in [3.05, 3.63) is 16.5 Å². The molecule has 2 rings (SSSR count). The van der Waals surface area contributed by atoms with Crippen molar-refractivity contribution in [1.29, 1.82) is 0 Å². The maximum absolute atomic E-state index is 6.23. The van der Waals surface area contributed by atoms with Gasteiger partial charge in [0.05, 0.1) is 0 Å². The number of aryl methyl sites for hydroxylation is 1. The van der Waals surface area contributed by atoms with E-state index in [1.165, 1.54) is 0 Å². The van der Waals surface area contributed by atoms with E-state index in [0.29, 0.717) is 10.4 Å². The molecule has 0 saturated carbocycles. The lowest BCUT2D eigenvalue weighted by Gasteiger charge is -2.32. The smallest absolute Gasteiger partial charge is 0.137 e. The molecule has 3 nitrogen and oxygen atoms in total. The molecule has 5 heteroatoms. The fourth-order valence-electron chi connectivity index (χ4n) is 2.17. The van der Waals surface area contributed by atoms with Gasteiger partial charge in [0.25, 0.3) is 0 Å². The first-order chi connectivity index (χ1) is 8.61. The Hall–Kier alpha value is -0.480. The van der Waals surface area contributed by atoms with Crippen LogP contribution in [-0.4, -0.2) is 34.1 Å². The lowest BCUT2D eigenvalue weighted by Crippen LogP contribution is -2.37. The van der Waals surface area contributed by atoms with Gasteiger partial charge in [0.1, 0.15) is 16.8 Å². The molecule has 0 radical (unpaired) electrons. The molecule has 1 atom stereocenters. The predicted octanol–water partition coefficient (Wildman–Crippen LogP) is 3.33. The van der Waals surface area contributed by atoms with Gasteiger partial charge >= 0.3 is 0 Å². The summed E-state index contributed by atoms with van der Waals surface area (Å²) in [7, 11) is 0. The molecule has 0 amide bonds. The van der Waals surface area contributed by atoms with Crippen molar-refractivity contribution in [3.63, 3.8) is 0 Å². The maximum Gasteiger partial charge on any atom is 0.137 e. The zero-order valence-corrected chi connectivity index (χ0v) is 12.8. The average Bonchev–Trinajstić information content (AvgIpc) is 2.34. The van der Waals surface area contributed by atoms with E-state index < -0.39 is 0 Å². The van der Waals surface area contributed by atoms with Crippen LogP contribution < -0.4 is 4.90 Å². The van der Waals surface area contributed by atoms with Crippen LogP contribution in [0, 0.1) is 6.92 Å². The number of halogens is 1. The minimum atomic E-state index is 0.606. The highest BCUT2D eigenvalue weighted by Crippen LogP contribution is 2.28. The number of hydrogen-bond acceptors (Lipinski definition) is 4. The number of aromatic nitrogens is 2. The summed E-state index contributed by atoms with van der Waals surface area (Å²) < 4.78 is 0. The monoisotopic (exact) mass is 285 g/mol. The van der Waals surface area contributed by atoms with Crippen molar-refractivity contribution in [2.24, 2.45) is 0 Å². The van der Waals surface area contributed by atoms with Gasteiger partial charge < -0.3 is 4.90 Å². The second kappa shape index (κ2) is 6.11. The minimum Gasteiger partial charge on any atom is -0.354 e. The fraction of sp³-hybridized carbons (Fsp3) is 0.692. The number of hydrogen-bond donors (Lipinski definition) is 0. The van der Waals surface area contributed by atoms with Crippen LogP contribution in [0.2, 0.25) is 5.15 Å². The lowest BCUT2D eigenvalue weighted by molar-refractivity contribution is 0.748. The molecule has 2 heterocycles. The molecule has 1 aromatic rings. The Kier molecular flexibility index (Phi) is 4.73. The SMILES string of the molecule is CCCc1nc(Cl)c(C)c(N2CCSC(C)C2)n1. The molecular formula is C13H20ClN3S. The fourth-order valence-corrected chi connectivity index (χ4v) is 3.37. The van der Waals surface area contributed by atoms with E-state index in [4.69, 9.17) is 16.6 Å². The van der Waals surface area contributed by atoms with E-state index in [0.717, 1.165) is 48.9 Å². The third kappa shape index (κ3) is 3.09. The van der Waals surface area contributed by atoms with Gasteiger partial charge in [-0.25, -0.2) is 9.97 Å². The summed E-state index contributed by atoms with van der Waals surface area (Å²) >= 11 is 8.25. The first kappa shape index (κ1) is 13.9. The number of thioether (sulfide) groups is 1. The molecule has 0 aromatic carbocycles. The third-order valence-corrected chi connectivity index (χ3v) is 4.63. The summed E-state index contributed by atoms with van der Waals surface area (Å²) in [6.45, 7) is 8.51. The quantitative estimate of drug-likeness (QED) is 0.797. The molecule has 0 spiro atoms. The van der Waals surface area contributed by atoms with Crippen LogP contribution in [0.3, 0.4) is 0 Å². The van der Waals surface area contributed by atoms with Crippen molar-refractivity contribution in [3.8, 4) is 0 Å². The van der Waals surface area contributed by atoms with Crippen LogP contribution in [0.4, 0.5) is 5.82 Å². The molecule has 18 heavy (non-hydrogen) atoms. The van der Waals surface area contributed by atoms with Gasteiger partial charge in [0, 0.05) is 36.1 Å². The third-order valence-electron chi connectivity index (χ3n) is 3.12. The molecule has 0 bridgehead atoms. The molecule has 1 unspecified atom stereocenters. The summed E-state index contributed by atoms with van der Waals surface area (Å²) in [5, 5.41) is 1.26. The molecule has 1 aliphatic rings. The van der Waals surface area contributed by atoms with Crippen molar-refractivity contribution < 1.29 is 0 Å². The first-order valence-electron chi connectivity index (χ1n) is 6.51. The molecular weight excluding hydrogens is 266 g/mol. The van der Waals surface area contributed by atoms with Crippen molar-refractivity contribution in [1.82, 2.24) is 9.97 Å². The lowest BCUT2D eigenvalue weighted by atomic mass is 10.2. The van der Waals surface area contributed by atoms with E-state index >= 15 is 0 Å². The highest BCUT2D eigenvalue weighted by Gasteiger charge is 2.21. The molecule has 1 aromatic heterocycles. The van der Waals surface area contributed by atoms with E-state index in [1.807, 2.05) is 18.7 Å². The topological polar surface area (TPSA) is 29.0 Å². The normalized spacial score (nSPS) is 20.2. The van der Waals surface area contributed by atoms with Crippen LogP contribution in [0.1, 0.15) is 31.7 Å².